The van der Waals surface area contributed by atoms with Crippen molar-refractivity contribution < 1.29 is 14.3 Å². The third-order valence-electron chi connectivity index (χ3n) is 4.69. The summed E-state index contributed by atoms with van der Waals surface area (Å²) in [5.41, 5.74) is -0.106. The third-order valence-corrected chi connectivity index (χ3v) is 4.69. The molecular formula is C19H24ClN3O3. The van der Waals surface area contributed by atoms with E-state index in [0.29, 0.717) is 12.8 Å². The molecule has 2 aromatic carbocycles. The summed E-state index contributed by atoms with van der Waals surface area (Å²) in [5.74, 6) is -0.491. The maximum Gasteiger partial charge on any atom is 0.252 e. The summed E-state index contributed by atoms with van der Waals surface area (Å²) in [6, 6.07) is 13.6. The minimum Gasteiger partial charge on any atom is -0.368 e. The Morgan fingerprint density at radius 1 is 1.12 bits per heavy atom. The maximum atomic E-state index is 12.5. The SMILES string of the molecule is COC1(C(=O)NCC(=O)Nc2cccc3ccccc23)CCNCC1.Cl. The molecular weight excluding hydrogens is 354 g/mol. The van der Waals surface area contributed by atoms with E-state index in [2.05, 4.69) is 16.0 Å². The molecule has 26 heavy (non-hydrogen) atoms. The number of benzene rings is 2. The van der Waals surface area contributed by atoms with Gasteiger partial charge in [-0.25, -0.2) is 0 Å². The van der Waals surface area contributed by atoms with Crippen LogP contribution in [0.3, 0.4) is 0 Å². The molecule has 0 atom stereocenters. The molecule has 6 nitrogen and oxygen atoms in total. The lowest BCUT2D eigenvalue weighted by Gasteiger charge is -2.34. The van der Waals surface area contributed by atoms with Gasteiger partial charge in [0.1, 0.15) is 5.60 Å². The summed E-state index contributed by atoms with van der Waals surface area (Å²) in [6.07, 6.45) is 1.19. The van der Waals surface area contributed by atoms with Crippen LogP contribution in [0.5, 0.6) is 0 Å². The van der Waals surface area contributed by atoms with Crippen LogP contribution in [0.2, 0.25) is 0 Å². The van der Waals surface area contributed by atoms with E-state index in [-0.39, 0.29) is 30.8 Å². The zero-order valence-electron chi connectivity index (χ0n) is 14.7. The number of fused-ring (bicyclic) bond motifs is 1. The van der Waals surface area contributed by atoms with E-state index < -0.39 is 5.60 Å². The van der Waals surface area contributed by atoms with Crippen LogP contribution in [0.1, 0.15) is 12.8 Å². The fourth-order valence-electron chi connectivity index (χ4n) is 3.20. The Labute approximate surface area is 159 Å². The van der Waals surface area contributed by atoms with Gasteiger partial charge in [0, 0.05) is 18.2 Å². The zero-order valence-corrected chi connectivity index (χ0v) is 15.5. The Balaban J connectivity index is 0.00000243. The smallest absolute Gasteiger partial charge is 0.252 e. The van der Waals surface area contributed by atoms with E-state index in [1.54, 1.807) is 7.11 Å². The lowest BCUT2D eigenvalue weighted by atomic mass is 9.91. The Hall–Kier alpha value is -2.15. The van der Waals surface area contributed by atoms with Gasteiger partial charge in [0.2, 0.25) is 5.91 Å². The van der Waals surface area contributed by atoms with Gasteiger partial charge in [0.05, 0.1) is 6.54 Å². The molecule has 2 aromatic rings. The largest absolute Gasteiger partial charge is 0.368 e. The van der Waals surface area contributed by atoms with Crippen molar-refractivity contribution in [3.8, 4) is 0 Å². The Morgan fingerprint density at radius 2 is 1.81 bits per heavy atom. The van der Waals surface area contributed by atoms with E-state index in [1.807, 2.05) is 42.5 Å². The number of anilines is 1. The fourth-order valence-corrected chi connectivity index (χ4v) is 3.20. The van der Waals surface area contributed by atoms with E-state index in [1.165, 1.54) is 0 Å². The van der Waals surface area contributed by atoms with Gasteiger partial charge in [-0.15, -0.1) is 12.4 Å². The minimum absolute atomic E-state index is 0. The summed E-state index contributed by atoms with van der Waals surface area (Å²) in [6.45, 7) is 1.37. The number of hydrogen-bond donors (Lipinski definition) is 3. The summed E-state index contributed by atoms with van der Waals surface area (Å²) in [4.78, 5) is 24.7. The standard InChI is InChI=1S/C19H23N3O3.ClH/c1-25-19(9-11-20-12-10-19)18(24)21-13-17(23)22-16-8-4-6-14-5-2-3-7-15(14)16;/h2-8,20H,9-13H2,1H3,(H,21,24)(H,22,23);1H. The molecule has 1 aliphatic heterocycles. The summed E-state index contributed by atoms with van der Waals surface area (Å²) in [7, 11) is 1.54. The predicted molar refractivity (Wildman–Crippen MR) is 105 cm³/mol. The van der Waals surface area contributed by atoms with Gasteiger partial charge in [-0.1, -0.05) is 36.4 Å². The topological polar surface area (TPSA) is 79.5 Å². The summed E-state index contributed by atoms with van der Waals surface area (Å²) >= 11 is 0. The second kappa shape index (κ2) is 8.98. The van der Waals surface area contributed by atoms with Gasteiger partial charge in [-0.3, -0.25) is 9.59 Å². The molecule has 2 amide bonds. The lowest BCUT2D eigenvalue weighted by Crippen LogP contribution is -2.55. The number of piperidine rings is 1. The second-order valence-corrected chi connectivity index (χ2v) is 6.21. The van der Waals surface area contributed by atoms with Gasteiger partial charge < -0.3 is 20.7 Å². The number of halogens is 1. The molecule has 0 spiro atoms. The third kappa shape index (κ3) is 4.33. The molecule has 0 unspecified atom stereocenters. The van der Waals surface area contributed by atoms with Gasteiger partial charge in [-0.05, 0) is 37.4 Å². The van der Waals surface area contributed by atoms with Crippen molar-refractivity contribution in [3.05, 3.63) is 42.5 Å². The van der Waals surface area contributed by atoms with Crippen LogP contribution in [-0.4, -0.2) is 44.2 Å². The number of carbonyl (C=O) groups is 2. The zero-order chi connectivity index (χ0) is 17.7. The highest BCUT2D eigenvalue weighted by atomic mass is 35.5. The van der Waals surface area contributed by atoms with Gasteiger partial charge in [0.15, 0.2) is 0 Å². The first-order valence-electron chi connectivity index (χ1n) is 8.46. The van der Waals surface area contributed by atoms with Crippen molar-refractivity contribution in [1.29, 1.82) is 0 Å². The molecule has 0 radical (unpaired) electrons. The molecule has 3 N–H and O–H groups in total. The van der Waals surface area contributed by atoms with Gasteiger partial charge in [-0.2, -0.15) is 0 Å². The highest BCUT2D eigenvalue weighted by molar-refractivity contribution is 6.03. The van der Waals surface area contributed by atoms with Crippen LogP contribution in [0.15, 0.2) is 42.5 Å². The molecule has 0 aromatic heterocycles. The van der Waals surface area contributed by atoms with Crippen molar-refractivity contribution in [1.82, 2.24) is 10.6 Å². The van der Waals surface area contributed by atoms with Crippen molar-refractivity contribution in [2.75, 3.05) is 32.1 Å². The van der Waals surface area contributed by atoms with Gasteiger partial charge in [0.25, 0.3) is 5.91 Å². The average Bonchev–Trinajstić information content (AvgIpc) is 2.67. The van der Waals surface area contributed by atoms with Crippen LogP contribution >= 0.6 is 12.4 Å². The lowest BCUT2D eigenvalue weighted by molar-refractivity contribution is -0.147. The number of amides is 2. The van der Waals surface area contributed by atoms with Crippen LogP contribution in [0.4, 0.5) is 5.69 Å². The Kier molecular flexibility index (Phi) is 6.97. The fraction of sp³-hybridized carbons (Fsp3) is 0.368. The molecule has 1 heterocycles. The highest BCUT2D eigenvalue weighted by Crippen LogP contribution is 2.23. The van der Waals surface area contributed by atoms with Crippen molar-refractivity contribution in [2.45, 2.75) is 18.4 Å². The molecule has 7 heteroatoms. The van der Waals surface area contributed by atoms with E-state index in [0.717, 1.165) is 29.5 Å². The molecule has 3 rings (SSSR count). The van der Waals surface area contributed by atoms with Crippen molar-refractivity contribution in [2.24, 2.45) is 0 Å². The van der Waals surface area contributed by atoms with Crippen LogP contribution in [0, 0.1) is 0 Å². The van der Waals surface area contributed by atoms with Crippen LogP contribution < -0.4 is 16.0 Å². The monoisotopic (exact) mass is 377 g/mol. The molecule has 140 valence electrons. The molecule has 0 bridgehead atoms. The predicted octanol–water partition coefficient (Wildman–Crippen LogP) is 2.08. The van der Waals surface area contributed by atoms with E-state index in [4.69, 9.17) is 4.74 Å². The second-order valence-electron chi connectivity index (χ2n) is 6.21. The molecule has 1 fully saturated rings. The first kappa shape index (κ1) is 20.2. The Bertz CT molecular complexity index is 770. The number of methoxy groups -OCH3 is 1. The van der Waals surface area contributed by atoms with Crippen molar-refractivity contribution >= 4 is 40.7 Å². The number of hydrogen-bond acceptors (Lipinski definition) is 4. The first-order chi connectivity index (χ1) is 12.1. The molecule has 1 saturated heterocycles. The first-order valence-corrected chi connectivity index (χ1v) is 8.46. The van der Waals surface area contributed by atoms with E-state index >= 15 is 0 Å². The number of ether oxygens (including phenoxy) is 1. The summed E-state index contributed by atoms with van der Waals surface area (Å²) < 4.78 is 5.47. The quantitative estimate of drug-likeness (QED) is 0.745. The number of carbonyl (C=O) groups excluding carboxylic acids is 2. The van der Waals surface area contributed by atoms with Crippen LogP contribution in [-0.2, 0) is 14.3 Å². The number of rotatable bonds is 5. The minimum atomic E-state index is -0.842. The molecule has 0 aliphatic carbocycles. The van der Waals surface area contributed by atoms with Gasteiger partial charge >= 0.3 is 0 Å². The normalized spacial score (nSPS) is 15.7. The molecule has 0 saturated carbocycles. The van der Waals surface area contributed by atoms with Crippen LogP contribution in [0.25, 0.3) is 10.8 Å². The Morgan fingerprint density at radius 3 is 2.54 bits per heavy atom. The van der Waals surface area contributed by atoms with Crippen molar-refractivity contribution in [3.63, 3.8) is 0 Å². The highest BCUT2D eigenvalue weighted by Gasteiger charge is 2.39. The maximum absolute atomic E-state index is 12.5. The van der Waals surface area contributed by atoms with E-state index in [9.17, 15) is 9.59 Å². The number of nitrogens with one attached hydrogen (secondary N) is 3. The molecule has 1 aliphatic rings. The summed E-state index contributed by atoms with van der Waals surface area (Å²) in [5, 5.41) is 10.8. The average molecular weight is 378 g/mol.